The highest BCUT2D eigenvalue weighted by Gasteiger charge is 2.13. The van der Waals surface area contributed by atoms with Crippen molar-refractivity contribution < 1.29 is 0 Å². The van der Waals surface area contributed by atoms with Gasteiger partial charge in [-0.05, 0) is 24.4 Å². The zero-order valence-electron chi connectivity index (χ0n) is 8.09. The smallest absolute Gasteiger partial charge is 0.142 e. The Balaban J connectivity index is 2.56. The average molecular weight is 219 g/mol. The molecular weight excluding hydrogens is 204 g/mol. The van der Waals surface area contributed by atoms with Gasteiger partial charge < -0.3 is 0 Å². The van der Waals surface area contributed by atoms with E-state index in [1.54, 1.807) is 0 Å². The van der Waals surface area contributed by atoms with E-state index in [0.29, 0.717) is 10.4 Å². The van der Waals surface area contributed by atoms with Gasteiger partial charge in [-0.2, -0.15) is 0 Å². The van der Waals surface area contributed by atoms with Crippen LogP contribution >= 0.6 is 22.9 Å². The molecule has 4 heteroatoms. The first-order valence-electron chi connectivity index (χ1n) is 4.76. The Morgan fingerprint density at radius 1 is 1.38 bits per heavy atom. The lowest BCUT2D eigenvalue weighted by molar-refractivity contribution is 0.563. The molecule has 1 aromatic heterocycles. The normalized spacial score (nSPS) is 13.2. The molecule has 0 aliphatic heterocycles. The summed E-state index contributed by atoms with van der Waals surface area (Å²) in [5, 5.41) is 9.00. The van der Waals surface area contributed by atoms with Gasteiger partial charge in [0.15, 0.2) is 0 Å². The minimum atomic E-state index is 0.560. The molecule has 0 bridgehead atoms. The Bertz CT molecular complexity index is 250. The van der Waals surface area contributed by atoms with Crippen molar-refractivity contribution >= 4 is 22.9 Å². The largest absolute Gasteiger partial charge is 0.207 e. The quantitative estimate of drug-likeness (QED) is 0.750. The molecule has 2 nitrogen and oxygen atoms in total. The van der Waals surface area contributed by atoms with Gasteiger partial charge in [-0.1, -0.05) is 38.0 Å². The Labute approximate surface area is 88.3 Å². The maximum atomic E-state index is 5.74. The molecule has 0 fully saturated rings. The van der Waals surface area contributed by atoms with E-state index in [1.165, 1.54) is 30.6 Å². The minimum absolute atomic E-state index is 0.560. The van der Waals surface area contributed by atoms with Crippen LogP contribution in [0.3, 0.4) is 0 Å². The first-order chi connectivity index (χ1) is 6.27. The van der Waals surface area contributed by atoms with Crippen molar-refractivity contribution in [1.82, 2.24) is 10.2 Å². The molecule has 1 heterocycles. The summed E-state index contributed by atoms with van der Waals surface area (Å²) in [6.07, 6.45) is 4.84. The van der Waals surface area contributed by atoms with Crippen LogP contribution < -0.4 is 0 Å². The van der Waals surface area contributed by atoms with Crippen LogP contribution in [0.1, 0.15) is 50.5 Å². The molecule has 0 saturated carbocycles. The highest BCUT2D eigenvalue weighted by atomic mass is 35.5. The predicted octanol–water partition coefficient (Wildman–Crippen LogP) is 3.88. The lowest BCUT2D eigenvalue weighted by Crippen LogP contribution is -1.96. The van der Waals surface area contributed by atoms with Gasteiger partial charge in [0.2, 0.25) is 4.47 Å². The number of rotatable bonds is 5. The van der Waals surface area contributed by atoms with Crippen LogP contribution in [-0.2, 0) is 0 Å². The van der Waals surface area contributed by atoms with E-state index in [9.17, 15) is 0 Å². The van der Waals surface area contributed by atoms with Gasteiger partial charge in [0.05, 0.1) is 0 Å². The molecule has 0 amide bonds. The molecule has 0 spiro atoms. The van der Waals surface area contributed by atoms with Gasteiger partial charge in [-0.3, -0.25) is 0 Å². The Hall–Kier alpha value is -0.150. The van der Waals surface area contributed by atoms with Gasteiger partial charge in [-0.25, -0.2) is 0 Å². The summed E-state index contributed by atoms with van der Waals surface area (Å²) in [7, 11) is 0. The van der Waals surface area contributed by atoms with Crippen LogP contribution in [0.25, 0.3) is 0 Å². The summed E-state index contributed by atoms with van der Waals surface area (Å²) in [6, 6.07) is 0. The maximum absolute atomic E-state index is 5.74. The van der Waals surface area contributed by atoms with Crippen molar-refractivity contribution in [1.29, 1.82) is 0 Å². The zero-order valence-corrected chi connectivity index (χ0v) is 9.66. The van der Waals surface area contributed by atoms with Gasteiger partial charge in [-0.15, -0.1) is 10.2 Å². The third-order valence-corrected chi connectivity index (χ3v) is 3.35. The molecule has 1 aromatic rings. The van der Waals surface area contributed by atoms with Crippen LogP contribution in [0.4, 0.5) is 0 Å². The third kappa shape index (κ3) is 3.24. The molecule has 0 aromatic carbocycles. The summed E-state index contributed by atoms with van der Waals surface area (Å²) >= 11 is 7.25. The van der Waals surface area contributed by atoms with E-state index in [1.807, 2.05) is 0 Å². The minimum Gasteiger partial charge on any atom is -0.142 e. The van der Waals surface area contributed by atoms with E-state index in [-0.39, 0.29) is 0 Å². The van der Waals surface area contributed by atoms with Gasteiger partial charge >= 0.3 is 0 Å². The molecule has 1 unspecified atom stereocenters. The van der Waals surface area contributed by atoms with Crippen LogP contribution in [0, 0.1) is 0 Å². The summed E-state index contributed by atoms with van der Waals surface area (Å²) in [6.45, 7) is 4.40. The molecule has 1 rings (SSSR count). The SMILES string of the molecule is CCCCC(CC)c1nnc(Cl)s1. The van der Waals surface area contributed by atoms with E-state index >= 15 is 0 Å². The molecule has 0 N–H and O–H groups in total. The zero-order chi connectivity index (χ0) is 9.68. The lowest BCUT2D eigenvalue weighted by Gasteiger charge is -2.09. The van der Waals surface area contributed by atoms with E-state index in [4.69, 9.17) is 11.6 Å². The molecule has 0 aliphatic carbocycles. The lowest BCUT2D eigenvalue weighted by atomic mass is 10.0. The summed E-state index contributed by atoms with van der Waals surface area (Å²) in [5.74, 6) is 0.560. The van der Waals surface area contributed by atoms with Crippen LogP contribution in [-0.4, -0.2) is 10.2 Å². The Kier molecular flexibility index (Phi) is 4.67. The molecule has 0 saturated heterocycles. The number of nitrogens with zero attached hydrogens (tertiary/aromatic N) is 2. The van der Waals surface area contributed by atoms with E-state index < -0.39 is 0 Å². The van der Waals surface area contributed by atoms with Crippen molar-refractivity contribution in [3.05, 3.63) is 9.47 Å². The molecular formula is C9H15ClN2S. The Morgan fingerprint density at radius 3 is 2.62 bits per heavy atom. The summed E-state index contributed by atoms with van der Waals surface area (Å²) < 4.78 is 0.560. The van der Waals surface area contributed by atoms with E-state index in [0.717, 1.165) is 11.4 Å². The highest BCUT2D eigenvalue weighted by Crippen LogP contribution is 2.29. The molecule has 13 heavy (non-hydrogen) atoms. The topological polar surface area (TPSA) is 25.8 Å². The van der Waals surface area contributed by atoms with Crippen molar-refractivity contribution in [2.75, 3.05) is 0 Å². The summed E-state index contributed by atoms with van der Waals surface area (Å²) in [5.41, 5.74) is 0. The van der Waals surface area contributed by atoms with Crippen molar-refractivity contribution in [2.45, 2.75) is 45.4 Å². The van der Waals surface area contributed by atoms with Crippen molar-refractivity contribution in [3.63, 3.8) is 0 Å². The fourth-order valence-corrected chi connectivity index (χ4v) is 2.40. The number of hydrogen-bond acceptors (Lipinski definition) is 3. The number of unbranched alkanes of at least 4 members (excludes halogenated alkanes) is 1. The highest BCUT2D eigenvalue weighted by molar-refractivity contribution is 7.15. The van der Waals surface area contributed by atoms with Crippen molar-refractivity contribution in [2.24, 2.45) is 0 Å². The molecule has 0 aliphatic rings. The second-order valence-electron chi connectivity index (χ2n) is 3.14. The fourth-order valence-electron chi connectivity index (χ4n) is 1.33. The molecule has 74 valence electrons. The number of aromatic nitrogens is 2. The average Bonchev–Trinajstić information content (AvgIpc) is 2.54. The van der Waals surface area contributed by atoms with Gasteiger partial charge in [0.25, 0.3) is 0 Å². The fraction of sp³-hybridized carbons (Fsp3) is 0.778. The van der Waals surface area contributed by atoms with Gasteiger partial charge in [0.1, 0.15) is 5.01 Å². The number of hydrogen-bond donors (Lipinski definition) is 0. The second kappa shape index (κ2) is 5.55. The maximum Gasteiger partial charge on any atom is 0.207 e. The number of halogens is 1. The monoisotopic (exact) mass is 218 g/mol. The third-order valence-electron chi connectivity index (χ3n) is 2.16. The first-order valence-corrected chi connectivity index (χ1v) is 5.96. The second-order valence-corrected chi connectivity index (χ2v) is 4.73. The molecule has 1 atom stereocenters. The molecule has 0 radical (unpaired) electrons. The van der Waals surface area contributed by atoms with E-state index in [2.05, 4.69) is 24.0 Å². The Morgan fingerprint density at radius 2 is 2.15 bits per heavy atom. The predicted molar refractivity (Wildman–Crippen MR) is 57.5 cm³/mol. The van der Waals surface area contributed by atoms with Crippen LogP contribution in [0.15, 0.2) is 0 Å². The summed E-state index contributed by atoms with van der Waals surface area (Å²) in [4.78, 5) is 0. The standard InChI is InChI=1S/C9H15ClN2S/c1-3-5-6-7(4-2)8-11-12-9(10)13-8/h7H,3-6H2,1-2H3. The van der Waals surface area contributed by atoms with Crippen LogP contribution in [0.2, 0.25) is 4.47 Å². The van der Waals surface area contributed by atoms with Crippen LogP contribution in [0.5, 0.6) is 0 Å². The first kappa shape index (κ1) is 10.9. The van der Waals surface area contributed by atoms with Crippen molar-refractivity contribution in [3.8, 4) is 0 Å². The van der Waals surface area contributed by atoms with Gasteiger partial charge in [0, 0.05) is 5.92 Å².